The molecule has 1 N–H and O–H groups in total. The molecule has 0 aromatic heterocycles. The number of amides is 1. The molecule has 5 nitrogen and oxygen atoms in total. The van der Waals surface area contributed by atoms with Gasteiger partial charge in [0.15, 0.2) is 11.5 Å². The normalized spacial score (nSPS) is 12.0. The Labute approximate surface area is 159 Å². The summed E-state index contributed by atoms with van der Waals surface area (Å²) in [4.78, 5) is 13.2. The van der Waals surface area contributed by atoms with Crippen molar-refractivity contribution in [3.05, 3.63) is 52.5 Å². The van der Waals surface area contributed by atoms with E-state index in [1.807, 2.05) is 43.3 Å². The first-order valence-corrected chi connectivity index (χ1v) is 9.18. The van der Waals surface area contributed by atoms with Crippen molar-refractivity contribution in [3.8, 4) is 11.5 Å². The Kier molecular flexibility index (Phi) is 7.33. The zero-order valence-corrected chi connectivity index (χ0v) is 16.6. The lowest BCUT2D eigenvalue weighted by molar-refractivity contribution is -0.120. The lowest BCUT2D eigenvalue weighted by atomic mass is 10.2. The first kappa shape index (κ1) is 19.3. The van der Waals surface area contributed by atoms with E-state index in [1.165, 1.54) is 11.8 Å². The first-order chi connectivity index (χ1) is 12.0. The van der Waals surface area contributed by atoms with Gasteiger partial charge in [-0.2, -0.15) is 5.10 Å². The van der Waals surface area contributed by atoms with Crippen LogP contribution in [0.4, 0.5) is 0 Å². The van der Waals surface area contributed by atoms with Crippen LogP contribution in [0.3, 0.4) is 0 Å². The number of hydrogen-bond donors (Lipinski definition) is 1. The monoisotopic (exact) mass is 422 g/mol. The minimum Gasteiger partial charge on any atom is -0.493 e. The molecule has 0 aliphatic rings. The van der Waals surface area contributed by atoms with Crippen LogP contribution in [-0.4, -0.2) is 31.6 Å². The van der Waals surface area contributed by atoms with Crippen LogP contribution in [0.2, 0.25) is 0 Å². The number of carbonyl (C=O) groups excluding carboxylic acids is 1. The predicted octanol–water partition coefficient (Wildman–Crippen LogP) is 4.10. The van der Waals surface area contributed by atoms with Gasteiger partial charge in [0.25, 0.3) is 5.91 Å². The molecule has 0 heterocycles. The Morgan fingerprint density at radius 2 is 1.96 bits per heavy atom. The third-order valence-electron chi connectivity index (χ3n) is 3.27. The Bertz CT molecular complexity index is 753. The van der Waals surface area contributed by atoms with Gasteiger partial charge in [0.05, 0.1) is 30.2 Å². The third kappa shape index (κ3) is 5.51. The minimum atomic E-state index is -0.253. The molecule has 132 valence electrons. The van der Waals surface area contributed by atoms with Crippen molar-refractivity contribution < 1.29 is 14.3 Å². The van der Waals surface area contributed by atoms with E-state index in [4.69, 9.17) is 9.47 Å². The molecule has 25 heavy (non-hydrogen) atoms. The highest BCUT2D eigenvalue weighted by Crippen LogP contribution is 2.35. The van der Waals surface area contributed by atoms with Gasteiger partial charge in [0.2, 0.25) is 0 Å². The van der Waals surface area contributed by atoms with Gasteiger partial charge >= 0.3 is 0 Å². The quantitative estimate of drug-likeness (QED) is 0.414. The average molecular weight is 423 g/mol. The summed E-state index contributed by atoms with van der Waals surface area (Å²) in [6, 6.07) is 13.4. The second-order valence-corrected chi connectivity index (χ2v) is 7.31. The van der Waals surface area contributed by atoms with E-state index in [2.05, 4.69) is 26.5 Å². The molecule has 0 bridgehead atoms. The molecule has 0 unspecified atom stereocenters. The average Bonchev–Trinajstić information content (AvgIpc) is 2.61. The molecule has 0 aliphatic heterocycles. The number of hydrogen-bond acceptors (Lipinski definition) is 5. The molecule has 0 saturated carbocycles. The fourth-order valence-corrected chi connectivity index (χ4v) is 3.53. The van der Waals surface area contributed by atoms with Gasteiger partial charge in [0, 0.05) is 4.90 Å². The van der Waals surface area contributed by atoms with Gasteiger partial charge in [-0.1, -0.05) is 18.2 Å². The highest BCUT2D eigenvalue weighted by atomic mass is 79.9. The van der Waals surface area contributed by atoms with Crippen molar-refractivity contribution >= 4 is 39.8 Å². The number of methoxy groups -OCH3 is 2. The zero-order chi connectivity index (χ0) is 18.2. The van der Waals surface area contributed by atoms with Gasteiger partial charge < -0.3 is 9.47 Å². The molecule has 1 amide bonds. The summed E-state index contributed by atoms with van der Waals surface area (Å²) in [6.45, 7) is 1.84. The molecule has 2 aromatic rings. The van der Waals surface area contributed by atoms with Crippen LogP contribution in [-0.2, 0) is 4.79 Å². The largest absolute Gasteiger partial charge is 0.493 e. The van der Waals surface area contributed by atoms with Gasteiger partial charge in [-0.15, -0.1) is 11.8 Å². The van der Waals surface area contributed by atoms with Gasteiger partial charge in [-0.25, -0.2) is 5.43 Å². The summed E-state index contributed by atoms with van der Waals surface area (Å²) >= 11 is 4.90. The number of ether oxygens (including phenoxy) is 2. The van der Waals surface area contributed by atoms with E-state index in [-0.39, 0.29) is 11.2 Å². The SMILES string of the molecule is COc1cc(/C=N\NC(=O)[C@@H](C)Sc2ccccc2)cc(Br)c1OC. The Hall–Kier alpha value is -1.99. The van der Waals surface area contributed by atoms with Crippen LogP contribution in [0.15, 0.2) is 56.9 Å². The fourth-order valence-electron chi connectivity index (χ4n) is 2.03. The summed E-state index contributed by atoms with van der Waals surface area (Å²) in [5, 5.41) is 3.77. The Morgan fingerprint density at radius 1 is 1.24 bits per heavy atom. The molecule has 2 aromatic carbocycles. The van der Waals surface area contributed by atoms with E-state index >= 15 is 0 Å². The van der Waals surface area contributed by atoms with Gasteiger partial charge in [0.1, 0.15) is 0 Å². The molecule has 0 fully saturated rings. The minimum absolute atomic E-state index is 0.162. The topological polar surface area (TPSA) is 59.9 Å². The molecule has 2 rings (SSSR count). The van der Waals surface area contributed by atoms with Crippen molar-refractivity contribution in [1.82, 2.24) is 5.43 Å². The van der Waals surface area contributed by atoms with Crippen LogP contribution < -0.4 is 14.9 Å². The smallest absolute Gasteiger partial charge is 0.253 e. The van der Waals surface area contributed by atoms with E-state index in [9.17, 15) is 4.79 Å². The maximum atomic E-state index is 12.1. The Morgan fingerprint density at radius 3 is 2.60 bits per heavy atom. The molecular weight excluding hydrogens is 404 g/mol. The number of carbonyl (C=O) groups is 1. The predicted molar refractivity (Wildman–Crippen MR) is 105 cm³/mol. The van der Waals surface area contributed by atoms with E-state index in [0.717, 1.165) is 14.9 Å². The number of benzene rings is 2. The number of halogens is 1. The molecule has 7 heteroatoms. The molecule has 0 radical (unpaired) electrons. The van der Waals surface area contributed by atoms with E-state index in [1.54, 1.807) is 26.5 Å². The molecule has 1 atom stereocenters. The summed E-state index contributed by atoms with van der Waals surface area (Å²) in [7, 11) is 3.14. The molecule has 0 saturated heterocycles. The van der Waals surface area contributed by atoms with Crippen molar-refractivity contribution in [2.45, 2.75) is 17.1 Å². The van der Waals surface area contributed by atoms with Crippen LogP contribution in [0.1, 0.15) is 12.5 Å². The summed E-state index contributed by atoms with van der Waals surface area (Å²) in [5.41, 5.74) is 3.33. The third-order valence-corrected chi connectivity index (χ3v) is 4.97. The van der Waals surface area contributed by atoms with Gasteiger partial charge in [-0.3, -0.25) is 4.79 Å². The standard InChI is InChI=1S/C18H19BrN2O3S/c1-12(25-14-7-5-4-6-8-14)18(22)21-20-11-13-9-15(19)17(24-3)16(10-13)23-2/h4-12H,1-3H3,(H,21,22)/b20-11-/t12-/m1/s1. The summed E-state index contributed by atoms with van der Waals surface area (Å²) < 4.78 is 11.3. The molecule has 0 spiro atoms. The van der Waals surface area contributed by atoms with Crippen LogP contribution in [0.5, 0.6) is 11.5 Å². The van der Waals surface area contributed by atoms with Crippen molar-refractivity contribution in [1.29, 1.82) is 0 Å². The zero-order valence-electron chi connectivity index (χ0n) is 14.2. The number of hydrazone groups is 1. The van der Waals surface area contributed by atoms with E-state index < -0.39 is 0 Å². The maximum Gasteiger partial charge on any atom is 0.253 e. The second-order valence-electron chi connectivity index (χ2n) is 5.05. The van der Waals surface area contributed by atoms with Crippen LogP contribution in [0, 0.1) is 0 Å². The first-order valence-electron chi connectivity index (χ1n) is 7.51. The van der Waals surface area contributed by atoms with Crippen molar-refractivity contribution in [3.63, 3.8) is 0 Å². The molecule has 0 aliphatic carbocycles. The van der Waals surface area contributed by atoms with Crippen molar-refractivity contribution in [2.75, 3.05) is 14.2 Å². The number of nitrogens with zero attached hydrogens (tertiary/aromatic N) is 1. The van der Waals surface area contributed by atoms with Crippen molar-refractivity contribution in [2.24, 2.45) is 5.10 Å². The highest BCUT2D eigenvalue weighted by molar-refractivity contribution is 9.10. The van der Waals surface area contributed by atoms with E-state index in [0.29, 0.717) is 11.5 Å². The number of nitrogens with one attached hydrogen (secondary N) is 1. The summed E-state index contributed by atoms with van der Waals surface area (Å²) in [5.74, 6) is 1.03. The van der Waals surface area contributed by atoms with Crippen LogP contribution >= 0.6 is 27.7 Å². The van der Waals surface area contributed by atoms with Gasteiger partial charge in [-0.05, 0) is 52.7 Å². The second kappa shape index (κ2) is 9.48. The fraction of sp³-hybridized carbons (Fsp3) is 0.222. The lowest BCUT2D eigenvalue weighted by Gasteiger charge is -2.10. The highest BCUT2D eigenvalue weighted by Gasteiger charge is 2.13. The summed E-state index contributed by atoms with van der Waals surface area (Å²) in [6.07, 6.45) is 1.56. The number of rotatable bonds is 7. The molecular formula is C18H19BrN2O3S. The van der Waals surface area contributed by atoms with Crippen LogP contribution in [0.25, 0.3) is 0 Å². The number of thioether (sulfide) groups is 1. The maximum absolute atomic E-state index is 12.1. The lowest BCUT2D eigenvalue weighted by Crippen LogP contribution is -2.26. The Balaban J connectivity index is 1.98.